The number of aliphatic hydroxyl groups excluding tert-OH is 4. The van der Waals surface area contributed by atoms with Gasteiger partial charge in [-0.15, -0.1) is 0 Å². The average molecular weight is 1510 g/mol. The van der Waals surface area contributed by atoms with Crippen LogP contribution in [-0.4, -0.2) is 275 Å². The number of benzene rings is 2. The highest BCUT2D eigenvalue weighted by Crippen LogP contribution is 2.31. The molecule has 0 saturated carbocycles. The predicted molar refractivity (Wildman–Crippen MR) is 384 cm³/mol. The summed E-state index contributed by atoms with van der Waals surface area (Å²) >= 11 is 0. The van der Waals surface area contributed by atoms with Gasteiger partial charge in [0.25, 0.3) is 0 Å². The smallest absolute Gasteiger partial charge is 0.410 e. The Balaban J connectivity index is 1.15. The van der Waals surface area contributed by atoms with E-state index in [-0.39, 0.29) is 75.9 Å². The van der Waals surface area contributed by atoms with Gasteiger partial charge in [0.1, 0.15) is 61.7 Å². The third kappa shape index (κ3) is 25.2. The third-order valence-electron chi connectivity index (χ3n) is 19.4. The van der Waals surface area contributed by atoms with Crippen LogP contribution in [0.25, 0.3) is 0 Å². The van der Waals surface area contributed by atoms with E-state index in [1.165, 1.54) is 38.3 Å². The molecule has 1 unspecified atom stereocenters. The molecule has 17 atom stereocenters. The number of carboxylic acid groups (broad SMARTS) is 1. The lowest BCUT2D eigenvalue weighted by molar-refractivity contribution is -0.294. The fraction of sp³-hybridized carbons (Fsp3) is 0.658. The Bertz CT molecular complexity index is 3390. The Morgan fingerprint density at radius 3 is 1.93 bits per heavy atom. The van der Waals surface area contributed by atoms with E-state index in [4.69, 9.17) is 25.1 Å². The van der Waals surface area contributed by atoms with E-state index in [0.717, 1.165) is 10.5 Å². The average Bonchev–Trinajstić information content (AvgIpc) is 1.36. The Morgan fingerprint density at radius 1 is 0.701 bits per heavy atom. The van der Waals surface area contributed by atoms with Gasteiger partial charge in [0.2, 0.25) is 65.0 Å². The minimum Gasteiger partial charge on any atom is -0.479 e. The van der Waals surface area contributed by atoms with Crippen molar-refractivity contribution in [1.82, 2.24) is 51.5 Å². The highest BCUT2D eigenvalue weighted by Gasteiger charge is 2.48. The number of nitrogens with zero attached hydrogens (tertiary/aromatic N) is 4. The summed E-state index contributed by atoms with van der Waals surface area (Å²) in [6, 6.07) is 7.70. The van der Waals surface area contributed by atoms with Crippen molar-refractivity contribution in [3.63, 3.8) is 0 Å². The first kappa shape index (κ1) is 87.1. The number of aliphatic hydroxyl groups is 4. The maximum Gasteiger partial charge on any atom is 0.410 e. The number of anilines is 1. The zero-order valence-electron chi connectivity index (χ0n) is 64.2. The van der Waals surface area contributed by atoms with E-state index < -0.39 is 200 Å². The number of carboxylic acids is 1. The van der Waals surface area contributed by atoms with Crippen molar-refractivity contribution in [3.8, 4) is 0 Å². The molecule has 0 radical (unpaired) electrons. The minimum atomic E-state index is -1.90. The number of carbonyl (C=O) groups excluding carboxylic acids is 12. The van der Waals surface area contributed by atoms with Crippen molar-refractivity contribution in [2.75, 3.05) is 73.0 Å². The molecule has 5 rings (SSSR count). The molecular weight excluding hydrogens is 1400 g/mol. The van der Waals surface area contributed by atoms with Crippen LogP contribution in [0.3, 0.4) is 0 Å². The maximum absolute atomic E-state index is 14.9. The topological polar surface area (TPSA) is 466 Å². The van der Waals surface area contributed by atoms with Crippen LogP contribution in [-0.2, 0) is 94.2 Å². The summed E-state index contributed by atoms with van der Waals surface area (Å²) in [5.74, 6) is -11.2. The number of methoxy groups -OCH3 is 2. The largest absolute Gasteiger partial charge is 0.479 e. The van der Waals surface area contributed by atoms with Crippen molar-refractivity contribution in [3.05, 3.63) is 65.7 Å². The number of ether oxygens (including phenoxy) is 5. The molecule has 34 nitrogen and oxygen atoms in total. The van der Waals surface area contributed by atoms with Crippen molar-refractivity contribution in [2.24, 2.45) is 29.6 Å². The molecule has 0 aliphatic carbocycles. The summed E-state index contributed by atoms with van der Waals surface area (Å²) in [5.41, 5.74) is 1.44. The SMILES string of the molecule is [3H]C1CC(=O)N(CC(=O)NCCC(=O)N[C@H](C(=O)N[C@@H](CO)C(=O)Nc2ccc(COC(=O)N(C)[C@H](C(=O)N[C@H](C(=O)N(C)[C@@H]([C@@H](C)CC)[C@@H](CC(=O)N3CCC[C@H]3[C@H](OC)[C@@H](C)C(=O)N[C@@H](Cc3ccccc3)C(=O)NCCCO[C@@H]3O[C@H](C(=O)O)[C@@H](O)[C@H](O)[C@H]3O)OC)C(C)C)C(C)C)cc2)C(C)C)C1=O. The quantitative estimate of drug-likeness (QED) is 0.0300. The van der Waals surface area contributed by atoms with E-state index in [1.54, 1.807) is 103 Å². The van der Waals surface area contributed by atoms with Crippen LogP contribution >= 0.6 is 0 Å². The zero-order valence-corrected chi connectivity index (χ0v) is 63.2. The van der Waals surface area contributed by atoms with E-state index in [2.05, 4.69) is 37.2 Å². The van der Waals surface area contributed by atoms with E-state index in [9.17, 15) is 87.9 Å². The molecule has 107 heavy (non-hydrogen) atoms. The van der Waals surface area contributed by atoms with Crippen LogP contribution in [0.2, 0.25) is 0 Å². The highest BCUT2D eigenvalue weighted by molar-refractivity contribution is 6.04. The summed E-state index contributed by atoms with van der Waals surface area (Å²) in [5, 5.41) is 68.6. The lowest BCUT2D eigenvalue weighted by atomic mass is 9.89. The Kier molecular flexibility index (Phi) is 34.8. The van der Waals surface area contributed by atoms with Crippen molar-refractivity contribution < 1.29 is 113 Å². The lowest BCUT2D eigenvalue weighted by Crippen LogP contribution is -2.60. The molecule has 0 aromatic heterocycles. The molecule has 2 aromatic rings. The summed E-state index contributed by atoms with van der Waals surface area (Å²) < 4.78 is 36.0. The zero-order chi connectivity index (χ0) is 80.5. The fourth-order valence-electron chi connectivity index (χ4n) is 13.1. The van der Waals surface area contributed by atoms with Crippen molar-refractivity contribution in [1.29, 1.82) is 0 Å². The number of carbonyl (C=O) groups is 13. The monoisotopic (exact) mass is 1510 g/mol. The van der Waals surface area contributed by atoms with Gasteiger partial charge in [-0.05, 0) is 66.2 Å². The van der Waals surface area contributed by atoms with Gasteiger partial charge in [0, 0.05) is 80.7 Å². The lowest BCUT2D eigenvalue weighted by Gasteiger charge is -2.41. The minimum absolute atomic E-state index is 0.00493. The second-order valence-corrected chi connectivity index (χ2v) is 28.2. The molecule has 3 fully saturated rings. The van der Waals surface area contributed by atoms with Crippen molar-refractivity contribution in [2.45, 2.75) is 212 Å². The van der Waals surface area contributed by atoms with Gasteiger partial charge in [-0.3, -0.25) is 62.5 Å². The second kappa shape index (κ2) is 42.7. The van der Waals surface area contributed by atoms with Gasteiger partial charge in [-0.2, -0.15) is 0 Å². The molecule has 12 N–H and O–H groups in total. The van der Waals surface area contributed by atoms with Gasteiger partial charge < -0.3 is 96.2 Å². The van der Waals surface area contributed by atoms with Crippen LogP contribution < -0.4 is 37.2 Å². The molecule has 3 aliphatic rings. The number of likely N-dealkylation sites (N-methyl/N-ethyl adjacent to an activating group) is 2. The van der Waals surface area contributed by atoms with Crippen molar-refractivity contribution >= 4 is 82.7 Å². The Hall–Kier alpha value is -8.77. The third-order valence-corrected chi connectivity index (χ3v) is 19.4. The highest BCUT2D eigenvalue weighted by atomic mass is 16.7. The number of amides is 12. The maximum atomic E-state index is 14.9. The van der Waals surface area contributed by atoms with E-state index in [1.807, 2.05) is 13.8 Å². The summed E-state index contributed by atoms with van der Waals surface area (Å²) in [6.07, 6.45) is -11.8. The number of rotatable bonds is 41. The number of imide groups is 1. The predicted octanol–water partition coefficient (Wildman–Crippen LogP) is -0.305. The number of hydrogen-bond acceptors (Lipinski definition) is 22. The van der Waals surface area contributed by atoms with Crippen LogP contribution in [0.1, 0.15) is 126 Å². The molecule has 2 aromatic carbocycles. The molecule has 3 saturated heterocycles. The number of aliphatic carboxylic acids is 1. The normalized spacial score (nSPS) is 21.6. The molecule has 12 amide bonds. The summed E-state index contributed by atoms with van der Waals surface area (Å²) in [6.45, 7) is 14.0. The molecule has 3 aliphatic heterocycles. The molecule has 0 bridgehead atoms. The number of likely N-dealkylation sites (tertiary alicyclic amines) is 2. The molecule has 34 heteroatoms. The van der Waals surface area contributed by atoms with Gasteiger partial charge in [0.05, 0.1) is 49.8 Å². The Morgan fingerprint density at radius 2 is 1.36 bits per heavy atom. The number of hydrogen-bond donors (Lipinski definition) is 12. The first-order valence-corrected chi connectivity index (χ1v) is 36.1. The summed E-state index contributed by atoms with van der Waals surface area (Å²) in [4.78, 5) is 178. The van der Waals surface area contributed by atoms with Crippen LogP contribution in [0, 0.1) is 29.6 Å². The molecular formula is C73H111N11O23. The van der Waals surface area contributed by atoms with Gasteiger partial charge in [0.15, 0.2) is 12.4 Å². The van der Waals surface area contributed by atoms with Gasteiger partial charge in [-0.1, -0.05) is 111 Å². The van der Waals surface area contributed by atoms with E-state index >= 15 is 0 Å². The molecule has 0 spiro atoms. The van der Waals surface area contributed by atoms with Crippen LogP contribution in [0.5, 0.6) is 0 Å². The first-order valence-electron chi connectivity index (χ1n) is 36.7. The second-order valence-electron chi connectivity index (χ2n) is 28.2. The standard InChI is InChI=1S/C73H111N11O23/c1-14-42(8)59(50(103-12)35-55(90)83-32-18-22-49(83)63(104-13)43(9)65(94)77-47(34-44-20-16-15-17-21-44)66(95)75-30-19-33-105-72-62(93)60(91)61(92)64(107-72)71(100)101)81(10)70(99)57(40(4)5)80-69(98)58(41(6)7)82(11)73(102)106-38-45-23-25-46(26-24-45)76-67(96)48(37-85)78-68(97)56(39(2)3)79-51(86)29-31-74-52(87)36-84-53(88)27-28-54(84)89/h15-17,20-21,23-26,39-43,47-50,56-64,72,85,91-93H,14,18-19,22,27-38H2,1-13H3,(H,74,87)(H,75,95)(H,76,96)(H,77,94)(H,78,97)(H,79,86)(H,80,98)(H,100,101)/t42-,43+,47-,48-,49-,50+,56-,57-,58-,59-,60-,61-,62+,63+,64-,72+/m0/s1/i27T/t27?,42-,43+,47-,48-,49-,50+,56-,57-,58-,59-,60-,61-,62+,63+,64-,72+. The summed E-state index contributed by atoms with van der Waals surface area (Å²) in [7, 11) is 5.86. The van der Waals surface area contributed by atoms with E-state index in [0.29, 0.717) is 36.3 Å². The first-order chi connectivity index (χ1) is 51.0. The van der Waals surface area contributed by atoms with Crippen LogP contribution in [0.4, 0.5) is 10.5 Å². The van der Waals surface area contributed by atoms with Gasteiger partial charge in [-0.25, -0.2) is 9.59 Å². The molecule has 3 heterocycles. The van der Waals surface area contributed by atoms with Gasteiger partial charge >= 0.3 is 12.1 Å². The molecule has 596 valence electrons. The number of nitrogens with one attached hydrogen (secondary N) is 7. The fourth-order valence-corrected chi connectivity index (χ4v) is 13.1. The van der Waals surface area contributed by atoms with Crippen LogP contribution in [0.15, 0.2) is 54.6 Å². The Labute approximate surface area is 625 Å².